The van der Waals surface area contributed by atoms with E-state index in [0.717, 1.165) is 0 Å². The molecule has 5 nitrogen and oxygen atoms in total. The predicted octanol–water partition coefficient (Wildman–Crippen LogP) is 0.00150. The minimum atomic E-state index is -0.459. The minimum absolute atomic E-state index is 0.0432. The van der Waals surface area contributed by atoms with E-state index in [1.165, 1.54) is 22.9 Å². The van der Waals surface area contributed by atoms with Gasteiger partial charge in [-0.3, -0.25) is 15.8 Å². The summed E-state index contributed by atoms with van der Waals surface area (Å²) in [5.74, 6) is 0.496. The summed E-state index contributed by atoms with van der Waals surface area (Å²) in [7, 11) is 1.66. The van der Waals surface area contributed by atoms with Crippen molar-refractivity contribution in [3.05, 3.63) is 28.4 Å². The van der Waals surface area contributed by atoms with Gasteiger partial charge in [0.1, 0.15) is 0 Å². The van der Waals surface area contributed by atoms with Crippen LogP contribution in [0.5, 0.6) is 0 Å². The molecule has 0 spiro atoms. The van der Waals surface area contributed by atoms with Gasteiger partial charge in [-0.25, -0.2) is 4.57 Å². The molecule has 0 aliphatic rings. The summed E-state index contributed by atoms with van der Waals surface area (Å²) in [4.78, 5) is 9.76. The third kappa shape index (κ3) is 1.43. The van der Waals surface area contributed by atoms with Gasteiger partial charge in [0.25, 0.3) is 5.82 Å². The van der Waals surface area contributed by atoms with E-state index >= 15 is 0 Å². The third-order valence-electron chi connectivity index (χ3n) is 1.37. The Morgan fingerprint density at radius 1 is 1.64 bits per heavy atom. The highest BCUT2D eigenvalue weighted by atomic mass is 16.6. The fourth-order valence-electron chi connectivity index (χ4n) is 0.712. The van der Waals surface area contributed by atoms with Crippen LogP contribution in [0.25, 0.3) is 0 Å². The Labute approximate surface area is 63.2 Å². The van der Waals surface area contributed by atoms with Gasteiger partial charge < -0.3 is 0 Å². The zero-order valence-corrected chi connectivity index (χ0v) is 6.02. The van der Waals surface area contributed by atoms with Crippen LogP contribution in [0.4, 0.5) is 11.5 Å². The van der Waals surface area contributed by atoms with Gasteiger partial charge >= 0.3 is 5.69 Å². The van der Waals surface area contributed by atoms with Crippen molar-refractivity contribution in [1.82, 2.24) is 0 Å². The summed E-state index contributed by atoms with van der Waals surface area (Å²) < 4.78 is 1.50. The van der Waals surface area contributed by atoms with Crippen molar-refractivity contribution in [3.8, 4) is 0 Å². The highest BCUT2D eigenvalue weighted by molar-refractivity contribution is 5.30. The smallest absolute Gasteiger partial charge is 0.287 e. The fourth-order valence-corrected chi connectivity index (χ4v) is 0.712. The Hall–Kier alpha value is -1.65. The number of nitrogens with zero attached hydrogens (tertiary/aromatic N) is 2. The van der Waals surface area contributed by atoms with E-state index in [1.54, 1.807) is 7.05 Å². The fraction of sp³-hybridized carbons (Fsp3) is 0.167. The van der Waals surface area contributed by atoms with Crippen LogP contribution < -0.4 is 10.3 Å². The van der Waals surface area contributed by atoms with E-state index in [-0.39, 0.29) is 5.69 Å². The Bertz CT molecular complexity index is 298. The number of hydrogen-bond acceptors (Lipinski definition) is 3. The average molecular weight is 154 g/mol. The van der Waals surface area contributed by atoms with Crippen LogP contribution in [0.3, 0.4) is 0 Å². The number of anilines is 1. The summed E-state index contributed by atoms with van der Waals surface area (Å²) in [5.41, 5.74) is 5.47. The molecule has 0 aromatic carbocycles. The molecule has 0 atom stereocenters. The van der Waals surface area contributed by atoms with Crippen molar-refractivity contribution in [2.75, 3.05) is 5.73 Å². The van der Waals surface area contributed by atoms with Crippen molar-refractivity contribution in [2.45, 2.75) is 0 Å². The van der Waals surface area contributed by atoms with Gasteiger partial charge in [-0.15, -0.1) is 0 Å². The molecule has 5 heteroatoms. The first kappa shape index (κ1) is 7.46. The molecular weight excluding hydrogens is 146 g/mol. The SMILES string of the molecule is C[n+]1cc([N+](=O)[O-])ccc1N. The lowest BCUT2D eigenvalue weighted by molar-refractivity contribution is -0.659. The summed E-state index contributed by atoms with van der Waals surface area (Å²) >= 11 is 0. The molecule has 58 valence electrons. The van der Waals surface area contributed by atoms with Crippen LogP contribution in [0.2, 0.25) is 0 Å². The van der Waals surface area contributed by atoms with Gasteiger partial charge in [0.15, 0.2) is 6.20 Å². The van der Waals surface area contributed by atoms with Crippen molar-refractivity contribution < 1.29 is 9.49 Å². The lowest BCUT2D eigenvalue weighted by Gasteiger charge is -1.93. The summed E-state index contributed by atoms with van der Waals surface area (Å²) in [6, 6.07) is 2.87. The minimum Gasteiger partial charge on any atom is -0.287 e. The van der Waals surface area contributed by atoms with Crippen molar-refractivity contribution in [2.24, 2.45) is 7.05 Å². The maximum Gasteiger partial charge on any atom is 0.308 e. The third-order valence-corrected chi connectivity index (χ3v) is 1.37. The van der Waals surface area contributed by atoms with Crippen LogP contribution in [-0.4, -0.2) is 4.92 Å². The number of nitrogens with two attached hydrogens (primary N) is 1. The molecule has 0 bridgehead atoms. The molecule has 0 fully saturated rings. The largest absolute Gasteiger partial charge is 0.308 e. The predicted molar refractivity (Wildman–Crippen MR) is 38.7 cm³/mol. The zero-order chi connectivity index (χ0) is 8.43. The molecule has 1 aromatic heterocycles. The number of aromatic nitrogens is 1. The number of nitro groups is 1. The lowest BCUT2D eigenvalue weighted by Crippen LogP contribution is -2.31. The average Bonchev–Trinajstić information content (AvgIpc) is 1.94. The van der Waals surface area contributed by atoms with E-state index in [0.29, 0.717) is 5.82 Å². The summed E-state index contributed by atoms with van der Waals surface area (Å²) in [6.07, 6.45) is 1.37. The molecule has 1 heterocycles. The molecule has 0 aliphatic heterocycles. The van der Waals surface area contributed by atoms with Gasteiger partial charge in [-0.1, -0.05) is 0 Å². The first-order chi connectivity index (χ1) is 5.11. The summed E-state index contributed by atoms with van der Waals surface area (Å²) in [5, 5.41) is 10.2. The van der Waals surface area contributed by atoms with Crippen molar-refractivity contribution in [1.29, 1.82) is 0 Å². The van der Waals surface area contributed by atoms with Gasteiger partial charge in [0.2, 0.25) is 0 Å². The van der Waals surface area contributed by atoms with E-state index in [2.05, 4.69) is 0 Å². The van der Waals surface area contributed by atoms with E-state index < -0.39 is 4.92 Å². The van der Waals surface area contributed by atoms with Crippen molar-refractivity contribution in [3.63, 3.8) is 0 Å². The van der Waals surface area contributed by atoms with Crippen LogP contribution in [0.15, 0.2) is 18.3 Å². The summed E-state index contributed by atoms with van der Waals surface area (Å²) in [6.45, 7) is 0. The standard InChI is InChI=1S/C6H7N3O2/c1-8-4-5(9(10)11)2-3-6(8)7/h2-4,7H,1H3/p+1. The lowest BCUT2D eigenvalue weighted by atomic mass is 10.4. The molecule has 0 unspecified atom stereocenters. The first-order valence-corrected chi connectivity index (χ1v) is 3.01. The molecule has 0 amide bonds. The first-order valence-electron chi connectivity index (χ1n) is 3.01. The number of aryl methyl sites for hydroxylation is 1. The van der Waals surface area contributed by atoms with Crippen LogP contribution in [0, 0.1) is 10.1 Å². The van der Waals surface area contributed by atoms with Crippen molar-refractivity contribution >= 4 is 11.5 Å². The number of pyridine rings is 1. The Morgan fingerprint density at radius 2 is 2.27 bits per heavy atom. The molecule has 0 aliphatic carbocycles. The Kier molecular flexibility index (Phi) is 1.72. The van der Waals surface area contributed by atoms with Crippen LogP contribution in [-0.2, 0) is 7.05 Å². The molecule has 1 aromatic rings. The molecular formula is C6H8N3O2+. The van der Waals surface area contributed by atoms with Crippen LogP contribution in [0.1, 0.15) is 0 Å². The molecule has 0 saturated heterocycles. The number of rotatable bonds is 1. The van der Waals surface area contributed by atoms with Gasteiger partial charge in [-0.2, -0.15) is 0 Å². The topological polar surface area (TPSA) is 73.0 Å². The van der Waals surface area contributed by atoms with Gasteiger partial charge in [-0.05, 0) is 0 Å². The Balaban J connectivity index is 3.15. The molecule has 1 rings (SSSR count). The van der Waals surface area contributed by atoms with Crippen LogP contribution >= 0.6 is 0 Å². The van der Waals surface area contributed by atoms with E-state index in [9.17, 15) is 10.1 Å². The molecule has 2 N–H and O–H groups in total. The second-order valence-electron chi connectivity index (χ2n) is 2.18. The number of hydrogen-bond donors (Lipinski definition) is 1. The maximum atomic E-state index is 10.2. The highest BCUT2D eigenvalue weighted by Gasteiger charge is 2.09. The Morgan fingerprint density at radius 3 is 2.73 bits per heavy atom. The normalized spacial score (nSPS) is 9.55. The zero-order valence-electron chi connectivity index (χ0n) is 6.02. The number of nitrogen functional groups attached to an aromatic ring is 1. The quantitative estimate of drug-likeness (QED) is 0.351. The van der Waals surface area contributed by atoms with Gasteiger partial charge in [0, 0.05) is 12.1 Å². The monoisotopic (exact) mass is 154 g/mol. The van der Waals surface area contributed by atoms with E-state index in [1.807, 2.05) is 0 Å². The maximum absolute atomic E-state index is 10.2. The molecule has 11 heavy (non-hydrogen) atoms. The molecule has 0 radical (unpaired) electrons. The van der Waals surface area contributed by atoms with E-state index in [4.69, 9.17) is 5.73 Å². The molecule has 0 saturated carbocycles. The highest BCUT2D eigenvalue weighted by Crippen LogP contribution is 2.07. The van der Waals surface area contributed by atoms with Gasteiger partial charge in [0.05, 0.1) is 12.0 Å². The second kappa shape index (κ2) is 2.53. The second-order valence-corrected chi connectivity index (χ2v) is 2.18.